The molecule has 22 heavy (non-hydrogen) atoms. The lowest BCUT2D eigenvalue weighted by Gasteiger charge is -2.07. The van der Waals surface area contributed by atoms with Gasteiger partial charge < -0.3 is 11.1 Å². The number of pyridine rings is 1. The largest absolute Gasteiger partial charge is 0.396 e. The van der Waals surface area contributed by atoms with Gasteiger partial charge in [0.1, 0.15) is 27.7 Å². The van der Waals surface area contributed by atoms with Crippen molar-refractivity contribution in [3.8, 4) is 12.1 Å². The summed E-state index contributed by atoms with van der Waals surface area (Å²) in [6.45, 7) is 0.569. The van der Waals surface area contributed by atoms with E-state index < -0.39 is 0 Å². The fourth-order valence-electron chi connectivity index (χ4n) is 2.13. The molecular formula is C16H11N5S. The fourth-order valence-corrected chi connectivity index (χ4v) is 3.00. The third-order valence-electron chi connectivity index (χ3n) is 3.25. The van der Waals surface area contributed by atoms with Crippen LogP contribution in [0, 0.1) is 22.7 Å². The zero-order chi connectivity index (χ0) is 15.5. The van der Waals surface area contributed by atoms with Gasteiger partial charge in [0.25, 0.3) is 0 Å². The van der Waals surface area contributed by atoms with Crippen molar-refractivity contribution in [1.82, 2.24) is 4.98 Å². The maximum absolute atomic E-state index is 9.30. The molecule has 0 unspecified atom stereocenters. The molecule has 0 fully saturated rings. The number of aromatic nitrogens is 1. The van der Waals surface area contributed by atoms with Gasteiger partial charge in [-0.1, -0.05) is 30.3 Å². The van der Waals surface area contributed by atoms with E-state index in [9.17, 15) is 5.26 Å². The highest BCUT2D eigenvalue weighted by molar-refractivity contribution is 7.19. The summed E-state index contributed by atoms with van der Waals surface area (Å²) in [5.41, 5.74) is 7.80. The molecule has 3 rings (SSSR count). The van der Waals surface area contributed by atoms with Crippen LogP contribution in [-0.4, -0.2) is 4.98 Å². The highest BCUT2D eigenvalue weighted by Crippen LogP contribution is 2.34. The maximum Gasteiger partial charge on any atom is 0.145 e. The molecule has 0 aliphatic rings. The highest BCUT2D eigenvalue weighted by Gasteiger charge is 2.14. The molecule has 0 saturated carbocycles. The van der Waals surface area contributed by atoms with Crippen LogP contribution in [0.25, 0.3) is 10.2 Å². The number of hydrogen-bond donors (Lipinski definition) is 2. The SMILES string of the molecule is N#Cc1cc2c(N)c(C#N)sc2nc1NCc1ccccc1. The Morgan fingerprint density at radius 2 is 1.95 bits per heavy atom. The Labute approximate surface area is 131 Å². The lowest BCUT2D eigenvalue weighted by atomic mass is 10.2. The van der Waals surface area contributed by atoms with Gasteiger partial charge in [0.15, 0.2) is 0 Å². The number of nitrogens with one attached hydrogen (secondary N) is 1. The van der Waals surface area contributed by atoms with Gasteiger partial charge in [-0.05, 0) is 11.6 Å². The predicted molar refractivity (Wildman–Crippen MR) is 87.2 cm³/mol. The number of nitrogens with two attached hydrogens (primary N) is 1. The van der Waals surface area contributed by atoms with Crippen molar-refractivity contribution in [2.24, 2.45) is 0 Å². The average Bonchev–Trinajstić information content (AvgIpc) is 2.88. The van der Waals surface area contributed by atoms with E-state index in [4.69, 9.17) is 11.0 Å². The standard InChI is InChI=1S/C16H11N5S/c17-7-11-6-12-14(19)13(8-18)22-16(12)21-15(11)20-9-10-4-2-1-3-5-10/h1-6H,9,19H2,(H,20,21). The minimum absolute atomic E-state index is 0.390. The van der Waals surface area contributed by atoms with Crippen LogP contribution in [-0.2, 0) is 6.54 Å². The molecule has 0 atom stereocenters. The van der Waals surface area contributed by atoms with Gasteiger partial charge in [-0.3, -0.25) is 0 Å². The second-order valence-electron chi connectivity index (χ2n) is 4.64. The number of fused-ring (bicyclic) bond motifs is 1. The lowest BCUT2D eigenvalue weighted by Crippen LogP contribution is -2.03. The Balaban J connectivity index is 1.99. The Bertz CT molecular complexity index is 916. The van der Waals surface area contributed by atoms with E-state index in [-0.39, 0.29) is 0 Å². The van der Waals surface area contributed by atoms with Crippen molar-refractivity contribution in [3.05, 3.63) is 52.4 Å². The molecule has 2 heterocycles. The zero-order valence-electron chi connectivity index (χ0n) is 11.5. The van der Waals surface area contributed by atoms with Gasteiger partial charge in [0, 0.05) is 11.9 Å². The van der Waals surface area contributed by atoms with Gasteiger partial charge in [-0.2, -0.15) is 10.5 Å². The number of nitrogens with zero attached hydrogens (tertiary/aromatic N) is 3. The minimum atomic E-state index is 0.390. The fraction of sp³-hybridized carbons (Fsp3) is 0.0625. The van der Waals surface area contributed by atoms with Crippen molar-refractivity contribution in [2.75, 3.05) is 11.1 Å². The first-order chi connectivity index (χ1) is 10.7. The number of benzene rings is 1. The molecule has 3 aromatic rings. The van der Waals surface area contributed by atoms with Crippen LogP contribution in [0.15, 0.2) is 36.4 Å². The molecule has 6 heteroatoms. The summed E-state index contributed by atoms with van der Waals surface area (Å²) >= 11 is 1.23. The first-order valence-corrected chi connectivity index (χ1v) is 7.35. The molecule has 0 radical (unpaired) electrons. The van der Waals surface area contributed by atoms with Crippen LogP contribution >= 0.6 is 11.3 Å². The van der Waals surface area contributed by atoms with Gasteiger partial charge in [-0.25, -0.2) is 4.98 Å². The Kier molecular flexibility index (Phi) is 3.61. The van der Waals surface area contributed by atoms with Crippen LogP contribution in [0.5, 0.6) is 0 Å². The smallest absolute Gasteiger partial charge is 0.145 e. The summed E-state index contributed by atoms with van der Waals surface area (Å²) in [7, 11) is 0. The Hall–Kier alpha value is -3.09. The van der Waals surface area contributed by atoms with E-state index in [1.54, 1.807) is 6.07 Å². The molecular weight excluding hydrogens is 294 g/mol. The van der Waals surface area contributed by atoms with Gasteiger partial charge in [0.2, 0.25) is 0 Å². The summed E-state index contributed by atoms with van der Waals surface area (Å²) < 4.78 is 0. The van der Waals surface area contributed by atoms with Crippen LogP contribution in [0.4, 0.5) is 11.5 Å². The third kappa shape index (κ3) is 2.44. The van der Waals surface area contributed by atoms with Crippen molar-refractivity contribution in [3.63, 3.8) is 0 Å². The van der Waals surface area contributed by atoms with E-state index in [0.717, 1.165) is 5.56 Å². The molecule has 0 spiro atoms. The normalized spacial score (nSPS) is 10.1. The Morgan fingerprint density at radius 3 is 2.64 bits per heavy atom. The lowest BCUT2D eigenvalue weighted by molar-refractivity contribution is 1.12. The van der Waals surface area contributed by atoms with Gasteiger partial charge >= 0.3 is 0 Å². The first kappa shape index (κ1) is 13.9. The highest BCUT2D eigenvalue weighted by atomic mass is 32.1. The van der Waals surface area contributed by atoms with Crippen molar-refractivity contribution in [2.45, 2.75) is 6.54 Å². The molecule has 0 saturated heterocycles. The molecule has 0 aliphatic carbocycles. The second kappa shape index (κ2) is 5.72. The number of nitrogen functional groups attached to an aromatic ring is 1. The second-order valence-corrected chi connectivity index (χ2v) is 5.64. The molecule has 1 aromatic carbocycles. The van der Waals surface area contributed by atoms with Crippen LogP contribution in [0.2, 0.25) is 0 Å². The van der Waals surface area contributed by atoms with Crippen LogP contribution in [0.3, 0.4) is 0 Å². The summed E-state index contributed by atoms with van der Waals surface area (Å²) in [5, 5.41) is 22.2. The van der Waals surface area contributed by atoms with E-state index in [1.165, 1.54) is 11.3 Å². The number of nitriles is 2. The zero-order valence-corrected chi connectivity index (χ0v) is 12.3. The molecule has 0 amide bonds. The molecule has 0 bridgehead atoms. The summed E-state index contributed by atoms with van der Waals surface area (Å²) in [5.74, 6) is 0.504. The number of hydrogen-bond acceptors (Lipinski definition) is 6. The first-order valence-electron chi connectivity index (χ1n) is 6.54. The molecule has 2 aromatic heterocycles. The molecule has 106 valence electrons. The number of thiophene rings is 1. The number of rotatable bonds is 3. The third-order valence-corrected chi connectivity index (χ3v) is 4.27. The van der Waals surface area contributed by atoms with Crippen molar-refractivity contribution in [1.29, 1.82) is 10.5 Å². The number of anilines is 2. The predicted octanol–water partition coefficient (Wildman–Crippen LogP) is 3.23. The topological polar surface area (TPSA) is 98.5 Å². The van der Waals surface area contributed by atoms with E-state index in [1.807, 2.05) is 36.4 Å². The quantitative estimate of drug-likeness (QED) is 0.774. The van der Waals surface area contributed by atoms with Crippen LogP contribution < -0.4 is 11.1 Å². The maximum atomic E-state index is 9.30. The summed E-state index contributed by atoms with van der Waals surface area (Å²) in [4.78, 5) is 5.52. The van der Waals surface area contributed by atoms with Gasteiger partial charge in [-0.15, -0.1) is 11.3 Å². The average molecular weight is 305 g/mol. The summed E-state index contributed by atoms with van der Waals surface area (Å²) in [6, 6.07) is 15.7. The van der Waals surface area contributed by atoms with E-state index in [2.05, 4.69) is 16.4 Å². The van der Waals surface area contributed by atoms with Crippen molar-refractivity contribution < 1.29 is 0 Å². The summed E-state index contributed by atoms with van der Waals surface area (Å²) in [6.07, 6.45) is 0. The monoisotopic (exact) mass is 305 g/mol. The van der Waals surface area contributed by atoms with Crippen LogP contribution in [0.1, 0.15) is 16.0 Å². The molecule has 3 N–H and O–H groups in total. The van der Waals surface area contributed by atoms with Gasteiger partial charge in [0.05, 0.1) is 11.3 Å². The Morgan fingerprint density at radius 1 is 1.18 bits per heavy atom. The minimum Gasteiger partial charge on any atom is -0.396 e. The molecule has 0 aliphatic heterocycles. The molecule has 5 nitrogen and oxygen atoms in total. The van der Waals surface area contributed by atoms with E-state index in [0.29, 0.717) is 38.7 Å². The van der Waals surface area contributed by atoms with E-state index >= 15 is 0 Å². The van der Waals surface area contributed by atoms with Crippen molar-refractivity contribution >= 4 is 33.1 Å².